The summed E-state index contributed by atoms with van der Waals surface area (Å²) in [7, 11) is 0. The average Bonchev–Trinajstić information content (AvgIpc) is 2.48. The second kappa shape index (κ2) is 6.19. The van der Waals surface area contributed by atoms with Gasteiger partial charge < -0.3 is 0 Å². The van der Waals surface area contributed by atoms with Gasteiger partial charge in [0.2, 0.25) is 0 Å². The number of pyridine rings is 1. The van der Waals surface area contributed by atoms with Crippen molar-refractivity contribution in [3.8, 4) is 0 Å². The minimum Gasteiger partial charge on any atom is -0.272 e. The zero-order valence-electron chi connectivity index (χ0n) is 10.5. The van der Waals surface area contributed by atoms with Crippen LogP contribution >= 0.6 is 0 Å². The van der Waals surface area contributed by atoms with E-state index in [2.05, 4.69) is 15.5 Å². The number of non-ortho nitro benzene ring substituents is 1. The molecule has 2 aromatic rings. The summed E-state index contributed by atoms with van der Waals surface area (Å²) in [6, 6.07) is 8.47. The van der Waals surface area contributed by atoms with Crippen LogP contribution in [-0.4, -0.2) is 21.0 Å². The molecular weight excluding hydrogens is 278 g/mol. The Balaban J connectivity index is 2.22. The van der Waals surface area contributed by atoms with Gasteiger partial charge in [-0.1, -0.05) is 6.07 Å². The first-order valence-electron chi connectivity index (χ1n) is 5.71. The monoisotopic (exact) mass is 287 g/mol. The van der Waals surface area contributed by atoms with Crippen LogP contribution in [0.1, 0.15) is 5.69 Å². The van der Waals surface area contributed by atoms with Gasteiger partial charge in [-0.05, 0) is 18.2 Å². The smallest absolute Gasteiger partial charge is 0.272 e. The number of nitro benzene ring substituents is 2. The molecule has 0 radical (unpaired) electrons. The molecule has 0 fully saturated rings. The van der Waals surface area contributed by atoms with Gasteiger partial charge >= 0.3 is 5.69 Å². The van der Waals surface area contributed by atoms with Gasteiger partial charge in [-0.25, -0.2) is 0 Å². The van der Waals surface area contributed by atoms with E-state index in [4.69, 9.17) is 0 Å². The third-order valence-corrected chi connectivity index (χ3v) is 2.46. The van der Waals surface area contributed by atoms with E-state index in [9.17, 15) is 20.2 Å². The normalized spacial score (nSPS) is 10.5. The van der Waals surface area contributed by atoms with Crippen molar-refractivity contribution in [1.29, 1.82) is 0 Å². The third kappa shape index (κ3) is 3.56. The van der Waals surface area contributed by atoms with Crippen LogP contribution in [0.2, 0.25) is 0 Å². The summed E-state index contributed by atoms with van der Waals surface area (Å²) in [6.45, 7) is 0. The van der Waals surface area contributed by atoms with Gasteiger partial charge in [0.25, 0.3) is 5.69 Å². The Labute approximate surface area is 118 Å². The van der Waals surface area contributed by atoms with E-state index in [1.807, 2.05) is 0 Å². The fourth-order valence-electron chi connectivity index (χ4n) is 1.50. The molecule has 9 heteroatoms. The number of benzene rings is 1. The number of hydrazone groups is 1. The van der Waals surface area contributed by atoms with Crippen molar-refractivity contribution in [2.45, 2.75) is 0 Å². The number of aromatic nitrogens is 1. The lowest BCUT2D eigenvalue weighted by Gasteiger charge is -2.01. The number of anilines is 1. The number of nitro groups is 2. The Morgan fingerprint density at radius 3 is 2.57 bits per heavy atom. The maximum Gasteiger partial charge on any atom is 0.301 e. The number of hydrogen-bond donors (Lipinski definition) is 1. The highest BCUT2D eigenvalue weighted by Gasteiger charge is 2.18. The van der Waals surface area contributed by atoms with Crippen LogP contribution in [0.25, 0.3) is 0 Å². The molecule has 1 N–H and O–H groups in total. The third-order valence-electron chi connectivity index (χ3n) is 2.46. The fourth-order valence-corrected chi connectivity index (χ4v) is 1.50. The predicted molar refractivity (Wildman–Crippen MR) is 75.2 cm³/mol. The van der Waals surface area contributed by atoms with E-state index in [1.165, 1.54) is 12.3 Å². The van der Waals surface area contributed by atoms with Gasteiger partial charge in [-0.15, -0.1) is 0 Å². The van der Waals surface area contributed by atoms with Crippen LogP contribution in [0.3, 0.4) is 0 Å². The number of nitrogens with one attached hydrogen (secondary N) is 1. The van der Waals surface area contributed by atoms with E-state index in [1.54, 1.807) is 24.4 Å². The summed E-state index contributed by atoms with van der Waals surface area (Å²) < 4.78 is 0. The molecule has 1 aromatic carbocycles. The summed E-state index contributed by atoms with van der Waals surface area (Å²) in [5.41, 5.74) is 2.30. The predicted octanol–water partition coefficient (Wildman–Crippen LogP) is 2.34. The topological polar surface area (TPSA) is 124 Å². The molecule has 0 bridgehead atoms. The molecule has 0 saturated carbocycles. The molecule has 1 heterocycles. The Morgan fingerprint density at radius 2 is 1.95 bits per heavy atom. The van der Waals surface area contributed by atoms with Crippen LogP contribution < -0.4 is 5.43 Å². The van der Waals surface area contributed by atoms with E-state index >= 15 is 0 Å². The maximum atomic E-state index is 10.9. The summed E-state index contributed by atoms with van der Waals surface area (Å²) in [6.07, 6.45) is 2.96. The van der Waals surface area contributed by atoms with Crippen molar-refractivity contribution in [3.63, 3.8) is 0 Å². The van der Waals surface area contributed by atoms with E-state index in [0.29, 0.717) is 5.69 Å². The quantitative estimate of drug-likeness (QED) is 0.511. The first-order valence-corrected chi connectivity index (χ1v) is 5.71. The van der Waals surface area contributed by atoms with Gasteiger partial charge in [0.15, 0.2) is 0 Å². The van der Waals surface area contributed by atoms with Gasteiger partial charge in [0.1, 0.15) is 5.69 Å². The van der Waals surface area contributed by atoms with Gasteiger partial charge in [-0.2, -0.15) is 5.10 Å². The van der Waals surface area contributed by atoms with Crippen molar-refractivity contribution in [1.82, 2.24) is 4.98 Å². The molecule has 1 aromatic heterocycles. The zero-order chi connectivity index (χ0) is 15.2. The molecule has 0 spiro atoms. The minimum absolute atomic E-state index is 0.0535. The van der Waals surface area contributed by atoms with Crippen molar-refractivity contribution < 1.29 is 9.85 Å². The molecule has 106 valence electrons. The fraction of sp³-hybridized carbons (Fsp3) is 0. The van der Waals surface area contributed by atoms with Crippen molar-refractivity contribution >= 4 is 23.3 Å². The molecule has 9 nitrogen and oxygen atoms in total. The summed E-state index contributed by atoms with van der Waals surface area (Å²) in [5, 5.41) is 25.3. The standard InChI is InChI=1S/C12H9N5O4/c18-16(19)10-4-5-11(12(7-10)17(20)21)15-14-8-9-3-1-2-6-13-9/h1-8,15H/b14-8+. The first kappa shape index (κ1) is 14.1. The Bertz CT molecular complexity index is 702. The van der Waals surface area contributed by atoms with E-state index < -0.39 is 15.5 Å². The molecular formula is C12H9N5O4. The average molecular weight is 287 g/mol. The Hall–Kier alpha value is -3.36. The Morgan fingerprint density at radius 1 is 1.14 bits per heavy atom. The summed E-state index contributed by atoms with van der Waals surface area (Å²) in [4.78, 5) is 24.1. The van der Waals surface area contributed by atoms with Crippen LogP contribution in [0.5, 0.6) is 0 Å². The molecule has 0 saturated heterocycles. The molecule has 0 aliphatic carbocycles. The van der Waals surface area contributed by atoms with Crippen molar-refractivity contribution in [2.24, 2.45) is 5.10 Å². The molecule has 0 aliphatic heterocycles. The lowest BCUT2D eigenvalue weighted by Crippen LogP contribution is -1.99. The number of hydrogen-bond acceptors (Lipinski definition) is 7. The molecule has 21 heavy (non-hydrogen) atoms. The van der Waals surface area contributed by atoms with Crippen molar-refractivity contribution in [2.75, 3.05) is 5.43 Å². The highest BCUT2D eigenvalue weighted by atomic mass is 16.6. The molecule has 0 unspecified atom stereocenters. The second-order valence-corrected chi connectivity index (χ2v) is 3.84. The highest BCUT2D eigenvalue weighted by molar-refractivity contribution is 5.78. The zero-order valence-corrected chi connectivity index (χ0v) is 10.5. The lowest BCUT2D eigenvalue weighted by molar-refractivity contribution is -0.393. The van der Waals surface area contributed by atoms with Gasteiger partial charge in [0.05, 0.1) is 27.8 Å². The second-order valence-electron chi connectivity index (χ2n) is 3.84. The number of rotatable bonds is 5. The highest BCUT2D eigenvalue weighted by Crippen LogP contribution is 2.28. The van der Waals surface area contributed by atoms with Crippen LogP contribution in [0.4, 0.5) is 17.1 Å². The van der Waals surface area contributed by atoms with Crippen molar-refractivity contribution in [3.05, 3.63) is 68.5 Å². The maximum absolute atomic E-state index is 10.9. The number of nitrogens with zero attached hydrogens (tertiary/aromatic N) is 4. The Kier molecular flexibility index (Phi) is 4.14. The summed E-state index contributed by atoms with van der Waals surface area (Å²) >= 11 is 0. The van der Waals surface area contributed by atoms with Crippen LogP contribution in [0, 0.1) is 20.2 Å². The van der Waals surface area contributed by atoms with Gasteiger partial charge in [-0.3, -0.25) is 30.6 Å². The lowest BCUT2D eigenvalue weighted by atomic mass is 10.2. The SMILES string of the molecule is O=[N+]([O-])c1ccc(N/N=C/c2ccccn2)c([N+](=O)[O-])c1. The summed E-state index contributed by atoms with van der Waals surface area (Å²) in [5.74, 6) is 0. The first-order chi connectivity index (χ1) is 10.1. The molecule has 0 aliphatic rings. The van der Waals surface area contributed by atoms with Crippen LogP contribution in [0.15, 0.2) is 47.7 Å². The van der Waals surface area contributed by atoms with Crippen LogP contribution in [-0.2, 0) is 0 Å². The van der Waals surface area contributed by atoms with E-state index in [0.717, 1.165) is 12.1 Å². The van der Waals surface area contributed by atoms with E-state index in [-0.39, 0.29) is 11.4 Å². The molecule has 0 amide bonds. The minimum atomic E-state index is -0.717. The van der Waals surface area contributed by atoms with Gasteiger partial charge in [0, 0.05) is 12.3 Å². The molecule has 0 atom stereocenters. The molecule has 2 rings (SSSR count). The largest absolute Gasteiger partial charge is 0.301 e.